The number of imidazole rings is 1. The minimum atomic E-state index is -3.36. The second-order valence-corrected chi connectivity index (χ2v) is 5.70. The average molecular weight is 230 g/mol. The van der Waals surface area contributed by atoms with Crippen molar-refractivity contribution in [1.29, 1.82) is 0 Å². The first-order valence-electron chi connectivity index (χ1n) is 4.67. The van der Waals surface area contributed by atoms with Crippen molar-refractivity contribution in [3.63, 3.8) is 0 Å². The van der Waals surface area contributed by atoms with Gasteiger partial charge in [-0.25, -0.2) is 18.5 Å². The Labute approximate surface area is 88.7 Å². The lowest BCUT2D eigenvalue weighted by Gasteiger charge is -2.37. The molecule has 0 aliphatic carbocycles. The maximum atomic E-state index is 11.0. The molecule has 0 radical (unpaired) electrons. The number of hydrogen-bond acceptors (Lipinski definition) is 4. The zero-order valence-corrected chi connectivity index (χ0v) is 9.31. The average Bonchev–Trinajstić information content (AvgIpc) is 2.40. The highest BCUT2D eigenvalue weighted by Gasteiger charge is 2.35. The van der Waals surface area contributed by atoms with Gasteiger partial charge in [0.25, 0.3) is 0 Å². The van der Waals surface area contributed by atoms with Gasteiger partial charge >= 0.3 is 0 Å². The van der Waals surface area contributed by atoms with E-state index in [2.05, 4.69) is 4.98 Å². The van der Waals surface area contributed by atoms with Gasteiger partial charge in [0.15, 0.2) is 0 Å². The molecule has 1 aliphatic heterocycles. The third kappa shape index (κ3) is 2.19. The quantitative estimate of drug-likeness (QED) is 0.714. The third-order valence-electron chi connectivity index (χ3n) is 2.67. The lowest BCUT2D eigenvalue weighted by atomic mass is 10.2. The molecule has 0 spiro atoms. The summed E-state index contributed by atoms with van der Waals surface area (Å²) in [5.74, 6) is 0.933. The van der Waals surface area contributed by atoms with Crippen LogP contribution in [0.25, 0.3) is 0 Å². The standard InChI is InChI=1S/C8H14N4O2S/c1-11-3-2-10-8(11)6-12-4-7(5-12)15(9,13)14/h2-3,7H,4-6H2,1H3,(H2,9,13,14). The molecule has 84 valence electrons. The molecule has 1 fully saturated rings. The predicted molar refractivity (Wildman–Crippen MR) is 55.4 cm³/mol. The first-order valence-corrected chi connectivity index (χ1v) is 6.28. The molecule has 0 unspecified atom stereocenters. The molecule has 0 amide bonds. The molecular weight excluding hydrogens is 216 g/mol. The van der Waals surface area contributed by atoms with Gasteiger partial charge in [0.05, 0.1) is 6.54 Å². The first kappa shape index (κ1) is 10.6. The SMILES string of the molecule is Cn1ccnc1CN1CC(S(N)(=O)=O)C1. The summed E-state index contributed by atoms with van der Waals surface area (Å²) in [6.45, 7) is 1.69. The van der Waals surface area contributed by atoms with Gasteiger partial charge in [-0.15, -0.1) is 0 Å². The number of aromatic nitrogens is 2. The van der Waals surface area contributed by atoms with Crippen molar-refractivity contribution < 1.29 is 8.42 Å². The summed E-state index contributed by atoms with van der Waals surface area (Å²) in [7, 11) is -1.44. The lowest BCUT2D eigenvalue weighted by Crippen LogP contribution is -2.56. The topological polar surface area (TPSA) is 81.2 Å². The van der Waals surface area contributed by atoms with Gasteiger partial charge in [-0.05, 0) is 0 Å². The van der Waals surface area contributed by atoms with E-state index in [4.69, 9.17) is 5.14 Å². The van der Waals surface area contributed by atoms with Crippen molar-refractivity contribution in [3.8, 4) is 0 Å². The van der Waals surface area contributed by atoms with Gasteiger partial charge in [0, 0.05) is 32.5 Å². The first-order chi connectivity index (χ1) is 6.97. The predicted octanol–water partition coefficient (Wildman–Crippen LogP) is -1.11. The van der Waals surface area contributed by atoms with Crippen LogP contribution in [0.4, 0.5) is 0 Å². The molecule has 6 nitrogen and oxygen atoms in total. The van der Waals surface area contributed by atoms with Crippen molar-refractivity contribution in [3.05, 3.63) is 18.2 Å². The van der Waals surface area contributed by atoms with Gasteiger partial charge in [0.2, 0.25) is 10.0 Å². The van der Waals surface area contributed by atoms with Crippen molar-refractivity contribution in [2.45, 2.75) is 11.8 Å². The molecule has 0 aromatic carbocycles. The van der Waals surface area contributed by atoms with Crippen LogP contribution in [-0.2, 0) is 23.6 Å². The number of nitrogens with zero attached hydrogens (tertiary/aromatic N) is 3. The van der Waals surface area contributed by atoms with Crippen molar-refractivity contribution >= 4 is 10.0 Å². The Hall–Kier alpha value is -0.920. The van der Waals surface area contributed by atoms with Crippen molar-refractivity contribution in [2.24, 2.45) is 12.2 Å². The fraction of sp³-hybridized carbons (Fsp3) is 0.625. The van der Waals surface area contributed by atoms with Crippen LogP contribution in [-0.4, -0.2) is 41.2 Å². The molecule has 1 aromatic rings. The van der Waals surface area contributed by atoms with E-state index in [0.29, 0.717) is 19.6 Å². The Kier molecular flexibility index (Phi) is 2.53. The lowest BCUT2D eigenvalue weighted by molar-refractivity contribution is 0.170. The largest absolute Gasteiger partial charge is 0.337 e. The minimum absolute atomic E-state index is 0.405. The molecule has 1 saturated heterocycles. The number of sulfonamides is 1. The highest BCUT2D eigenvalue weighted by Crippen LogP contribution is 2.16. The zero-order chi connectivity index (χ0) is 11.1. The summed E-state index contributed by atoms with van der Waals surface area (Å²) in [5.41, 5.74) is 0. The molecule has 7 heteroatoms. The van der Waals surface area contributed by atoms with Crippen LogP contribution >= 0.6 is 0 Å². The number of primary sulfonamides is 1. The maximum absolute atomic E-state index is 11.0. The Balaban J connectivity index is 1.89. The Morgan fingerprint density at radius 2 is 2.27 bits per heavy atom. The second-order valence-electron chi connectivity index (χ2n) is 3.86. The molecule has 1 aromatic heterocycles. The Morgan fingerprint density at radius 1 is 1.60 bits per heavy atom. The van der Waals surface area contributed by atoms with Gasteiger partial charge in [-0.3, -0.25) is 4.90 Å². The number of rotatable bonds is 3. The normalized spacial score (nSPS) is 19.1. The van der Waals surface area contributed by atoms with E-state index in [1.54, 1.807) is 6.20 Å². The van der Waals surface area contributed by atoms with Crippen LogP contribution in [0.15, 0.2) is 12.4 Å². The Morgan fingerprint density at radius 3 is 2.73 bits per heavy atom. The monoisotopic (exact) mass is 230 g/mol. The highest BCUT2D eigenvalue weighted by molar-refractivity contribution is 7.89. The zero-order valence-electron chi connectivity index (χ0n) is 8.50. The van der Waals surface area contributed by atoms with Crippen LogP contribution in [0.1, 0.15) is 5.82 Å². The van der Waals surface area contributed by atoms with Gasteiger partial charge < -0.3 is 4.57 Å². The van der Waals surface area contributed by atoms with E-state index >= 15 is 0 Å². The number of likely N-dealkylation sites (tertiary alicyclic amines) is 1. The van der Waals surface area contributed by atoms with Gasteiger partial charge in [-0.1, -0.05) is 0 Å². The van der Waals surface area contributed by atoms with E-state index in [-0.39, 0.29) is 0 Å². The second kappa shape index (κ2) is 3.58. The molecule has 15 heavy (non-hydrogen) atoms. The molecular formula is C8H14N4O2S. The van der Waals surface area contributed by atoms with E-state index in [0.717, 1.165) is 5.82 Å². The van der Waals surface area contributed by atoms with Gasteiger partial charge in [0.1, 0.15) is 11.1 Å². The highest BCUT2D eigenvalue weighted by atomic mass is 32.2. The van der Waals surface area contributed by atoms with Gasteiger partial charge in [-0.2, -0.15) is 0 Å². The molecule has 0 saturated carbocycles. The number of nitrogens with two attached hydrogens (primary N) is 1. The summed E-state index contributed by atoms with van der Waals surface area (Å²) in [5, 5.41) is 4.63. The van der Waals surface area contributed by atoms with Crippen LogP contribution in [0.3, 0.4) is 0 Å². The molecule has 2 heterocycles. The maximum Gasteiger partial charge on any atom is 0.214 e. The Bertz CT molecular complexity index is 447. The van der Waals surface area contributed by atoms with E-state index < -0.39 is 15.3 Å². The summed E-state index contributed by atoms with van der Waals surface area (Å²) in [6.07, 6.45) is 3.60. The fourth-order valence-corrected chi connectivity index (χ4v) is 2.45. The van der Waals surface area contributed by atoms with Crippen molar-refractivity contribution in [1.82, 2.24) is 14.5 Å². The number of hydrogen-bond donors (Lipinski definition) is 1. The van der Waals surface area contributed by atoms with Crippen molar-refractivity contribution in [2.75, 3.05) is 13.1 Å². The summed E-state index contributed by atoms with van der Waals surface area (Å²) in [6, 6.07) is 0. The van der Waals surface area contributed by atoms with Crippen LogP contribution < -0.4 is 5.14 Å². The molecule has 2 rings (SSSR count). The summed E-state index contributed by atoms with van der Waals surface area (Å²) >= 11 is 0. The fourth-order valence-electron chi connectivity index (χ4n) is 1.61. The van der Waals surface area contributed by atoms with Crippen LogP contribution in [0, 0.1) is 0 Å². The number of aryl methyl sites for hydroxylation is 1. The molecule has 2 N–H and O–H groups in total. The van der Waals surface area contributed by atoms with Crippen LogP contribution in [0.2, 0.25) is 0 Å². The smallest absolute Gasteiger partial charge is 0.214 e. The summed E-state index contributed by atoms with van der Waals surface area (Å²) < 4.78 is 23.8. The van der Waals surface area contributed by atoms with Crippen LogP contribution in [0.5, 0.6) is 0 Å². The molecule has 1 aliphatic rings. The van der Waals surface area contributed by atoms with E-state index in [9.17, 15) is 8.42 Å². The minimum Gasteiger partial charge on any atom is -0.337 e. The molecule has 0 atom stereocenters. The summed E-state index contributed by atoms with van der Waals surface area (Å²) in [4.78, 5) is 6.18. The molecule has 0 bridgehead atoms. The third-order valence-corrected chi connectivity index (χ3v) is 3.90. The van der Waals surface area contributed by atoms with E-state index in [1.165, 1.54) is 0 Å². The van der Waals surface area contributed by atoms with E-state index in [1.807, 2.05) is 22.7 Å².